The van der Waals surface area contributed by atoms with Gasteiger partial charge >= 0.3 is 0 Å². The zero-order chi connectivity index (χ0) is 48.7. The van der Waals surface area contributed by atoms with Gasteiger partial charge in [0.1, 0.15) is 0 Å². The average molecular weight is 951 g/mol. The zero-order valence-electron chi connectivity index (χ0n) is 43.1. The van der Waals surface area contributed by atoms with Gasteiger partial charge in [-0.05, 0) is 234 Å². The van der Waals surface area contributed by atoms with Crippen molar-refractivity contribution < 1.29 is 0 Å². The Hall–Kier alpha value is -6.64. The molecule has 8 aromatic rings. The molecule has 0 aliphatic heterocycles. The molecule has 0 radical (unpaired) electrons. The molecule has 5 fully saturated rings. The first-order valence-electron chi connectivity index (χ1n) is 28.3. The van der Waals surface area contributed by atoms with Crippen LogP contribution in [-0.4, -0.2) is 0 Å². The molecule has 364 valence electrons. The van der Waals surface area contributed by atoms with Crippen molar-refractivity contribution in [2.75, 3.05) is 9.80 Å². The third kappa shape index (κ3) is 7.98. The largest absolute Gasteiger partial charge is 0.310 e. The van der Waals surface area contributed by atoms with Crippen molar-refractivity contribution in [1.82, 2.24) is 0 Å². The van der Waals surface area contributed by atoms with Crippen LogP contribution >= 0.6 is 0 Å². The molecule has 73 heavy (non-hydrogen) atoms. The molecule has 0 atom stereocenters. The van der Waals surface area contributed by atoms with E-state index in [2.05, 4.69) is 206 Å². The fraction of sp³-hybridized carbons (Fsp3) is 0.324. The Kier molecular flexibility index (Phi) is 11.1. The summed E-state index contributed by atoms with van der Waals surface area (Å²) < 4.78 is 0. The maximum atomic E-state index is 2.64. The van der Waals surface area contributed by atoms with Gasteiger partial charge in [0.2, 0.25) is 0 Å². The summed E-state index contributed by atoms with van der Waals surface area (Å²) in [6.45, 7) is 4.86. The third-order valence-electron chi connectivity index (χ3n) is 19.2. The first-order chi connectivity index (χ1) is 35.8. The minimum absolute atomic E-state index is 0.156. The molecule has 0 amide bonds. The molecule has 2 heteroatoms. The second-order valence-corrected chi connectivity index (χ2v) is 24.1. The molecule has 2 nitrogen and oxygen atoms in total. The van der Waals surface area contributed by atoms with Crippen LogP contribution in [0.1, 0.15) is 135 Å². The molecule has 0 unspecified atom stereocenters. The van der Waals surface area contributed by atoms with Gasteiger partial charge in [0.05, 0.1) is 0 Å². The number of fused-ring (bicyclic) bond motifs is 3. The van der Waals surface area contributed by atoms with E-state index in [1.807, 2.05) is 0 Å². The number of rotatable bonds is 9. The minimum Gasteiger partial charge on any atom is -0.310 e. The van der Waals surface area contributed by atoms with Gasteiger partial charge in [-0.2, -0.15) is 0 Å². The lowest BCUT2D eigenvalue weighted by molar-refractivity contribution is -0.00518. The molecular formula is C71H70N2. The molecule has 18 rings (SSSR count). The number of para-hydroxylation sites is 1. The van der Waals surface area contributed by atoms with Crippen LogP contribution in [0.2, 0.25) is 0 Å². The Labute approximate surface area is 435 Å². The Morgan fingerprint density at radius 2 is 0.959 bits per heavy atom. The van der Waals surface area contributed by atoms with E-state index in [1.165, 1.54) is 166 Å². The van der Waals surface area contributed by atoms with Gasteiger partial charge in [-0.3, -0.25) is 0 Å². The maximum absolute atomic E-state index is 2.64. The van der Waals surface area contributed by atoms with E-state index in [1.54, 1.807) is 5.56 Å². The Morgan fingerprint density at radius 1 is 0.425 bits per heavy atom. The number of benzene rings is 8. The summed E-state index contributed by atoms with van der Waals surface area (Å²) >= 11 is 0. The van der Waals surface area contributed by atoms with Crippen molar-refractivity contribution in [3.8, 4) is 22.3 Å². The van der Waals surface area contributed by atoms with Crippen molar-refractivity contribution in [1.29, 1.82) is 0 Å². The van der Waals surface area contributed by atoms with Crippen molar-refractivity contribution in [3.63, 3.8) is 0 Å². The molecule has 0 spiro atoms. The minimum atomic E-state index is -0.156. The monoisotopic (exact) mass is 951 g/mol. The van der Waals surface area contributed by atoms with Gasteiger partial charge in [0, 0.05) is 39.5 Å². The van der Waals surface area contributed by atoms with Gasteiger partial charge in [0.25, 0.3) is 0 Å². The van der Waals surface area contributed by atoms with Crippen LogP contribution < -0.4 is 9.80 Å². The third-order valence-corrected chi connectivity index (χ3v) is 19.2. The standard InChI is InChI=1S/C71H70N2/c1-70(2)65-21-13-12-20-63(65)69-64(55-16-8-4-9-17-55)43-62(44-66(69)70)73(60-34-30-54(31-35-60)53-14-6-3-7-15-53)68-42-49-23-27-56-26-22-48(24-28-57(68)29-25-49)41-67(56)72(59-18-10-5-11-19-59)61-36-32-58(33-37-61)71-45-50-38-51(46-71)40-52(39-50)47-71/h4-5,8-13,16-22,25-26,29-37,41-44,50-53H,3,6-7,14-15,23-24,27-28,38-40,45-47H2,1-2H3. The van der Waals surface area contributed by atoms with E-state index in [4.69, 9.17) is 0 Å². The molecule has 0 saturated heterocycles. The summed E-state index contributed by atoms with van der Waals surface area (Å²) in [5, 5.41) is 0. The normalized spacial score (nSPS) is 22.4. The van der Waals surface area contributed by atoms with E-state index in [0.717, 1.165) is 43.4 Å². The van der Waals surface area contributed by atoms with Crippen molar-refractivity contribution in [2.45, 2.75) is 127 Å². The highest BCUT2D eigenvalue weighted by Crippen LogP contribution is 2.61. The highest BCUT2D eigenvalue weighted by molar-refractivity contribution is 5.96. The predicted molar refractivity (Wildman–Crippen MR) is 306 cm³/mol. The smallest absolute Gasteiger partial charge is 0.0496 e. The summed E-state index contributed by atoms with van der Waals surface area (Å²) in [5.74, 6) is 3.47. The second kappa shape index (κ2) is 18.1. The van der Waals surface area contributed by atoms with E-state index < -0.39 is 0 Å². The second-order valence-electron chi connectivity index (χ2n) is 24.1. The van der Waals surface area contributed by atoms with Gasteiger partial charge in [0.15, 0.2) is 0 Å². The van der Waals surface area contributed by atoms with Crippen LogP contribution in [-0.2, 0) is 36.5 Å². The van der Waals surface area contributed by atoms with Crippen molar-refractivity contribution >= 4 is 34.1 Å². The molecule has 8 aromatic carbocycles. The van der Waals surface area contributed by atoms with E-state index in [-0.39, 0.29) is 5.41 Å². The fourth-order valence-corrected chi connectivity index (χ4v) is 15.9. The summed E-state index contributed by atoms with van der Waals surface area (Å²) in [5.41, 5.74) is 24.5. The maximum Gasteiger partial charge on any atom is 0.0496 e. The van der Waals surface area contributed by atoms with Gasteiger partial charge in [-0.1, -0.05) is 154 Å². The lowest BCUT2D eigenvalue weighted by Gasteiger charge is -2.57. The molecule has 0 aromatic heterocycles. The van der Waals surface area contributed by atoms with Gasteiger partial charge < -0.3 is 9.80 Å². The predicted octanol–water partition coefficient (Wildman–Crippen LogP) is 19.0. The molecule has 10 aliphatic carbocycles. The highest BCUT2D eigenvalue weighted by atomic mass is 15.2. The lowest BCUT2D eigenvalue weighted by Crippen LogP contribution is -2.48. The summed E-state index contributed by atoms with van der Waals surface area (Å²) in [6, 6.07) is 71.2. The number of anilines is 6. The van der Waals surface area contributed by atoms with Crippen LogP contribution in [0.15, 0.2) is 182 Å². The molecule has 5 saturated carbocycles. The van der Waals surface area contributed by atoms with Crippen LogP contribution in [0.3, 0.4) is 0 Å². The van der Waals surface area contributed by atoms with Crippen molar-refractivity contribution in [3.05, 3.63) is 226 Å². The van der Waals surface area contributed by atoms with Gasteiger partial charge in [-0.15, -0.1) is 0 Å². The van der Waals surface area contributed by atoms with E-state index in [0.29, 0.717) is 11.3 Å². The van der Waals surface area contributed by atoms with Gasteiger partial charge in [-0.25, -0.2) is 0 Å². The number of hydrogen-bond acceptors (Lipinski definition) is 2. The van der Waals surface area contributed by atoms with Crippen LogP contribution in [0.4, 0.5) is 34.1 Å². The molecular weight excluding hydrogens is 881 g/mol. The first kappa shape index (κ1) is 45.0. The number of hydrogen-bond donors (Lipinski definition) is 0. The highest BCUT2D eigenvalue weighted by Gasteiger charge is 2.51. The quantitative estimate of drug-likeness (QED) is 0.142. The average Bonchev–Trinajstić information content (AvgIpc) is 3.67. The molecule has 8 bridgehead atoms. The Balaban J connectivity index is 0.864. The topological polar surface area (TPSA) is 6.48 Å². The fourth-order valence-electron chi connectivity index (χ4n) is 15.9. The lowest BCUT2D eigenvalue weighted by atomic mass is 9.48. The number of aryl methyl sites for hydroxylation is 4. The van der Waals surface area contributed by atoms with E-state index in [9.17, 15) is 0 Å². The molecule has 0 N–H and O–H groups in total. The van der Waals surface area contributed by atoms with Crippen LogP contribution in [0, 0.1) is 17.8 Å². The van der Waals surface area contributed by atoms with Crippen LogP contribution in [0.25, 0.3) is 22.3 Å². The molecule has 0 heterocycles. The first-order valence-corrected chi connectivity index (χ1v) is 28.3. The van der Waals surface area contributed by atoms with E-state index >= 15 is 0 Å². The molecule has 10 aliphatic rings. The SMILES string of the molecule is CC1(C)c2ccccc2-c2c(-c3ccccc3)cc(N(c3ccc(C4CCCCC4)cc3)c3cc4ccc3CCc3ccc(c(N(c5ccccc5)c5ccc(C67CC8CC(CC(C8)C6)C7)cc5)c3)CC4)cc21. The Bertz CT molecular complexity index is 3280. The van der Waals surface area contributed by atoms with Crippen LogP contribution in [0.5, 0.6) is 0 Å². The summed E-state index contributed by atoms with van der Waals surface area (Å²) in [4.78, 5) is 5.20. The Morgan fingerprint density at radius 3 is 1.58 bits per heavy atom. The summed E-state index contributed by atoms with van der Waals surface area (Å²) in [7, 11) is 0. The number of nitrogens with zero attached hydrogens (tertiary/aromatic N) is 2. The summed E-state index contributed by atoms with van der Waals surface area (Å²) in [6.07, 6.45) is 19.1. The van der Waals surface area contributed by atoms with Crippen molar-refractivity contribution in [2.24, 2.45) is 17.8 Å². The zero-order valence-corrected chi connectivity index (χ0v) is 43.1.